The van der Waals surface area contributed by atoms with Crippen molar-refractivity contribution in [2.24, 2.45) is 0 Å². The largest absolute Gasteiger partial charge is 0.420 e. The molecule has 1 rings (SSSR count). The van der Waals surface area contributed by atoms with Gasteiger partial charge < -0.3 is 4.43 Å². The van der Waals surface area contributed by atoms with Gasteiger partial charge in [0.05, 0.1) is 0 Å². The molecule has 18 heavy (non-hydrogen) atoms. The molecule has 0 aliphatic carbocycles. The average molecular weight is 268 g/mol. The van der Waals surface area contributed by atoms with Crippen LogP contribution in [0.2, 0.25) is 19.1 Å². The second-order valence-electron chi connectivity index (χ2n) is 5.50. The van der Waals surface area contributed by atoms with Gasteiger partial charge in [-0.1, -0.05) is 31.4 Å². The second kappa shape index (κ2) is 7.69. The van der Waals surface area contributed by atoms with Gasteiger partial charge in [-0.15, -0.1) is 0 Å². The van der Waals surface area contributed by atoms with Crippen LogP contribution in [0.15, 0.2) is 24.3 Å². The topological polar surface area (TPSA) is 9.23 Å². The zero-order chi connectivity index (χ0) is 13.4. The van der Waals surface area contributed by atoms with Crippen LogP contribution in [-0.4, -0.2) is 15.4 Å². The number of unbranched alkanes of at least 4 members (excludes halogenated alkanes) is 3. The van der Waals surface area contributed by atoms with E-state index >= 15 is 0 Å². The molecule has 0 radical (unpaired) electrons. The Hall–Kier alpha value is -0.673. The van der Waals surface area contributed by atoms with E-state index in [1.54, 1.807) is 12.1 Å². The first-order chi connectivity index (χ1) is 8.53. The van der Waals surface area contributed by atoms with Crippen LogP contribution in [0, 0.1) is 5.82 Å². The van der Waals surface area contributed by atoms with E-state index in [9.17, 15) is 4.39 Å². The molecule has 0 heterocycles. The minimum atomic E-state index is -1.35. The fourth-order valence-corrected chi connectivity index (χ4v) is 3.29. The second-order valence-corrected chi connectivity index (χ2v) is 9.93. The molecule has 0 bridgehead atoms. The highest BCUT2D eigenvalue weighted by Gasteiger charge is 2.18. The van der Waals surface area contributed by atoms with Gasteiger partial charge in [-0.25, -0.2) is 4.39 Å². The molecule has 0 unspecified atom stereocenters. The summed E-state index contributed by atoms with van der Waals surface area (Å²) in [7, 11) is 0.485. The third kappa shape index (κ3) is 6.31. The maximum absolute atomic E-state index is 12.7. The lowest BCUT2D eigenvalue weighted by atomic mass is 10.1. The van der Waals surface area contributed by atoms with Crippen molar-refractivity contribution < 1.29 is 8.82 Å². The highest BCUT2D eigenvalue weighted by molar-refractivity contribution is 6.71. The van der Waals surface area contributed by atoms with Gasteiger partial charge in [0, 0.05) is 7.11 Å². The normalized spacial score (nSPS) is 11.8. The molecule has 0 N–H and O–H groups in total. The summed E-state index contributed by atoms with van der Waals surface area (Å²) in [4.78, 5) is 0. The number of benzene rings is 1. The molecule has 0 saturated heterocycles. The summed E-state index contributed by atoms with van der Waals surface area (Å²) in [5.41, 5.74) is 1.24. The lowest BCUT2D eigenvalue weighted by molar-refractivity contribution is 0.401. The van der Waals surface area contributed by atoms with Crippen molar-refractivity contribution >= 4 is 8.32 Å². The Morgan fingerprint density at radius 3 is 2.22 bits per heavy atom. The van der Waals surface area contributed by atoms with E-state index in [0.717, 1.165) is 6.42 Å². The number of hydrogen-bond acceptors (Lipinski definition) is 1. The quantitative estimate of drug-likeness (QED) is 0.487. The number of aryl methyl sites for hydroxylation is 1. The Bertz CT molecular complexity index is 335. The Morgan fingerprint density at radius 2 is 1.61 bits per heavy atom. The van der Waals surface area contributed by atoms with Gasteiger partial charge in [-0.05, 0) is 49.7 Å². The van der Waals surface area contributed by atoms with E-state index in [4.69, 9.17) is 4.43 Å². The summed E-state index contributed by atoms with van der Waals surface area (Å²) in [6, 6.07) is 8.11. The Morgan fingerprint density at radius 1 is 1.00 bits per heavy atom. The van der Waals surface area contributed by atoms with Crippen LogP contribution in [0.4, 0.5) is 4.39 Å². The maximum Gasteiger partial charge on any atom is 0.186 e. The van der Waals surface area contributed by atoms with Crippen molar-refractivity contribution in [3.8, 4) is 0 Å². The van der Waals surface area contributed by atoms with Crippen LogP contribution in [0.1, 0.15) is 31.2 Å². The van der Waals surface area contributed by atoms with E-state index in [1.165, 1.54) is 37.3 Å². The fraction of sp³-hybridized carbons (Fsp3) is 0.600. The number of rotatable bonds is 8. The number of halogens is 1. The highest BCUT2D eigenvalue weighted by atomic mass is 28.4. The van der Waals surface area contributed by atoms with Crippen LogP contribution >= 0.6 is 0 Å². The Kier molecular flexibility index (Phi) is 6.58. The molecule has 1 aromatic rings. The van der Waals surface area contributed by atoms with E-state index in [1.807, 2.05) is 19.2 Å². The zero-order valence-electron chi connectivity index (χ0n) is 11.8. The monoisotopic (exact) mass is 268 g/mol. The van der Waals surface area contributed by atoms with Crippen molar-refractivity contribution in [2.45, 2.75) is 51.2 Å². The summed E-state index contributed by atoms with van der Waals surface area (Å²) in [6.45, 7) is 4.54. The Labute approximate surface area is 111 Å². The molecule has 1 aromatic carbocycles. The molecular formula is C15H25FOSi. The third-order valence-electron chi connectivity index (χ3n) is 3.46. The van der Waals surface area contributed by atoms with E-state index in [2.05, 4.69) is 13.1 Å². The van der Waals surface area contributed by atoms with Gasteiger partial charge in [0.25, 0.3) is 0 Å². The van der Waals surface area contributed by atoms with Crippen LogP contribution in [0.25, 0.3) is 0 Å². The fourth-order valence-electron chi connectivity index (χ4n) is 1.99. The Balaban J connectivity index is 2.07. The first-order valence-electron chi connectivity index (χ1n) is 6.83. The summed E-state index contributed by atoms with van der Waals surface area (Å²) in [5, 5.41) is 0. The molecule has 3 heteroatoms. The van der Waals surface area contributed by atoms with Crippen molar-refractivity contribution in [2.75, 3.05) is 7.11 Å². The minimum Gasteiger partial charge on any atom is -0.420 e. The van der Waals surface area contributed by atoms with Crippen molar-refractivity contribution in [1.82, 2.24) is 0 Å². The molecule has 0 aliphatic rings. The smallest absolute Gasteiger partial charge is 0.186 e. The van der Waals surface area contributed by atoms with Gasteiger partial charge in [-0.2, -0.15) is 0 Å². The summed E-state index contributed by atoms with van der Waals surface area (Å²) < 4.78 is 18.2. The predicted octanol–water partition coefficient (Wildman–Crippen LogP) is 4.78. The lowest BCUT2D eigenvalue weighted by Crippen LogP contribution is -2.27. The van der Waals surface area contributed by atoms with Crippen LogP contribution in [0.3, 0.4) is 0 Å². The zero-order valence-corrected chi connectivity index (χ0v) is 12.8. The van der Waals surface area contributed by atoms with Gasteiger partial charge in [0.15, 0.2) is 8.32 Å². The van der Waals surface area contributed by atoms with Crippen molar-refractivity contribution in [3.63, 3.8) is 0 Å². The molecule has 102 valence electrons. The van der Waals surface area contributed by atoms with Crippen molar-refractivity contribution in [1.29, 1.82) is 0 Å². The first kappa shape index (κ1) is 15.4. The van der Waals surface area contributed by atoms with Crippen LogP contribution in [0.5, 0.6) is 0 Å². The molecular weight excluding hydrogens is 243 g/mol. The SMILES string of the molecule is CO[Si](C)(C)CCCCCCc1ccc(F)cc1. The minimum absolute atomic E-state index is 0.148. The molecule has 0 atom stereocenters. The van der Waals surface area contributed by atoms with Gasteiger partial charge in [-0.3, -0.25) is 0 Å². The summed E-state index contributed by atoms with van der Waals surface area (Å²) in [5.74, 6) is -0.148. The van der Waals surface area contributed by atoms with E-state index in [-0.39, 0.29) is 5.82 Å². The molecule has 0 aromatic heterocycles. The molecule has 0 fully saturated rings. The number of hydrogen-bond donors (Lipinski definition) is 0. The standard InChI is InChI=1S/C15H25FOSi/c1-17-18(2,3)13-7-5-4-6-8-14-9-11-15(16)12-10-14/h9-12H,4-8,13H2,1-3H3. The molecule has 0 aliphatic heterocycles. The summed E-state index contributed by atoms with van der Waals surface area (Å²) >= 11 is 0. The van der Waals surface area contributed by atoms with Crippen LogP contribution in [-0.2, 0) is 10.8 Å². The summed E-state index contributed by atoms with van der Waals surface area (Å²) in [6.07, 6.45) is 6.06. The van der Waals surface area contributed by atoms with E-state index in [0.29, 0.717) is 0 Å². The van der Waals surface area contributed by atoms with Crippen LogP contribution < -0.4 is 0 Å². The van der Waals surface area contributed by atoms with Gasteiger partial charge >= 0.3 is 0 Å². The third-order valence-corrected chi connectivity index (χ3v) is 6.12. The highest BCUT2D eigenvalue weighted by Crippen LogP contribution is 2.16. The molecule has 0 amide bonds. The van der Waals surface area contributed by atoms with Gasteiger partial charge in [0.2, 0.25) is 0 Å². The molecule has 0 spiro atoms. The van der Waals surface area contributed by atoms with E-state index < -0.39 is 8.32 Å². The predicted molar refractivity (Wildman–Crippen MR) is 77.9 cm³/mol. The maximum atomic E-state index is 12.7. The van der Waals surface area contributed by atoms with Gasteiger partial charge in [0.1, 0.15) is 5.82 Å². The average Bonchev–Trinajstić information content (AvgIpc) is 2.36. The molecule has 0 saturated carbocycles. The van der Waals surface area contributed by atoms with Crippen molar-refractivity contribution in [3.05, 3.63) is 35.6 Å². The first-order valence-corrected chi connectivity index (χ1v) is 9.95. The lowest BCUT2D eigenvalue weighted by Gasteiger charge is -2.19. The molecule has 1 nitrogen and oxygen atoms in total.